The third-order valence-electron chi connectivity index (χ3n) is 8.03. The second-order valence-corrected chi connectivity index (χ2v) is 12.8. The highest BCUT2D eigenvalue weighted by Crippen LogP contribution is 2.27. The maximum absolute atomic E-state index is 14.1. The van der Waals surface area contributed by atoms with Crippen LogP contribution < -0.4 is 26.4 Å². The molecule has 0 unspecified atom stereocenters. The summed E-state index contributed by atoms with van der Waals surface area (Å²) in [5.41, 5.74) is 8.13. The number of methoxy groups -OCH3 is 1. The third-order valence-corrected chi connectivity index (χ3v) is 8.29. The van der Waals surface area contributed by atoms with Gasteiger partial charge in [0.2, 0.25) is 17.7 Å². The Morgan fingerprint density at radius 2 is 1.29 bits per heavy atom. The summed E-state index contributed by atoms with van der Waals surface area (Å²) in [6, 6.07) is 15.2. The first-order valence-corrected chi connectivity index (χ1v) is 16.1. The van der Waals surface area contributed by atoms with Gasteiger partial charge in [0, 0.05) is 18.0 Å². The smallest absolute Gasteiger partial charge is 0.452 e. The van der Waals surface area contributed by atoms with Crippen LogP contribution in [0.2, 0.25) is 5.02 Å². The summed E-state index contributed by atoms with van der Waals surface area (Å²) in [5.74, 6) is -5.77. The maximum atomic E-state index is 14.1. The summed E-state index contributed by atoms with van der Waals surface area (Å²) < 4.78 is 45.5. The van der Waals surface area contributed by atoms with Gasteiger partial charge in [-0.05, 0) is 58.4 Å². The van der Waals surface area contributed by atoms with E-state index in [9.17, 15) is 32.3 Å². The van der Waals surface area contributed by atoms with Crippen molar-refractivity contribution < 1.29 is 37.1 Å². The molecule has 0 aliphatic rings. The quantitative estimate of drug-likeness (QED) is 0.167. The molecule has 0 fully saturated rings. The number of carbonyl (C=O) groups excluding carboxylic acids is 4. The molecule has 5 N–H and O–H groups in total. The molecule has 264 valence electrons. The number of halogens is 4. The summed E-state index contributed by atoms with van der Waals surface area (Å²) in [5, 5.41) is 8.14. The molecule has 0 spiro atoms. The van der Waals surface area contributed by atoms with Gasteiger partial charge in [-0.25, -0.2) is 0 Å². The molecule has 0 aliphatic carbocycles. The van der Waals surface area contributed by atoms with Crippen LogP contribution in [-0.4, -0.2) is 48.9 Å². The van der Waals surface area contributed by atoms with Gasteiger partial charge >= 0.3 is 6.18 Å². The Morgan fingerprint density at radius 3 is 1.78 bits per heavy atom. The van der Waals surface area contributed by atoms with Crippen LogP contribution in [0.15, 0.2) is 72.8 Å². The monoisotopic (exact) mass is 702 g/mol. The van der Waals surface area contributed by atoms with Crippen molar-refractivity contribution in [2.24, 2.45) is 17.6 Å². The minimum absolute atomic E-state index is 0.00594. The fourth-order valence-electron chi connectivity index (χ4n) is 5.31. The molecule has 0 aromatic heterocycles. The summed E-state index contributed by atoms with van der Waals surface area (Å²) in [6.45, 7) is 6.74. The molecule has 4 atom stereocenters. The number of rotatable bonds is 15. The van der Waals surface area contributed by atoms with Crippen molar-refractivity contribution in [2.45, 2.75) is 70.9 Å². The molecule has 3 aromatic rings. The SMILES string of the molecule is COc1ccc([C@H](NC(=O)[C@H](Cc2ccc(CN)cc2)NC(=O)[C@@H](c2ccc(Cl)cc2)C(C)C)C(=O)N[C@H](C(=O)C(F)(F)F)C(C)C)cc1. The molecule has 3 aromatic carbocycles. The van der Waals surface area contributed by atoms with Crippen LogP contribution in [0, 0.1) is 11.8 Å². The number of Topliss-reactive ketones (excluding diaryl/α,β-unsaturated/α-hetero) is 1. The molecule has 9 nitrogen and oxygen atoms in total. The van der Waals surface area contributed by atoms with Gasteiger partial charge in [-0.1, -0.05) is 87.8 Å². The highest BCUT2D eigenvalue weighted by atomic mass is 35.5. The number of nitrogens with one attached hydrogen (secondary N) is 3. The van der Waals surface area contributed by atoms with E-state index in [2.05, 4.69) is 16.0 Å². The van der Waals surface area contributed by atoms with Crippen molar-refractivity contribution in [3.8, 4) is 5.75 Å². The third kappa shape index (κ3) is 10.8. The molecule has 0 bridgehead atoms. The molecule has 13 heteroatoms. The Hall–Kier alpha value is -4.42. The summed E-state index contributed by atoms with van der Waals surface area (Å²) in [7, 11) is 1.43. The standard InChI is InChI=1S/C36H42ClF3N4O5/c1-20(2)29(24-10-14-26(37)15-11-24)34(47)42-28(18-22-6-8-23(19-41)9-7-22)33(46)44-31(25-12-16-27(49-5)17-13-25)35(48)43-30(21(3)4)32(45)36(38,39)40/h6-17,20-21,28-31H,18-19,41H2,1-5H3,(H,42,47)(H,43,48)(H,44,46)/t28-,29+,30-,31-/m0/s1. The second-order valence-electron chi connectivity index (χ2n) is 12.4. The van der Waals surface area contributed by atoms with Crippen molar-refractivity contribution in [2.75, 3.05) is 7.11 Å². The van der Waals surface area contributed by atoms with Gasteiger partial charge in [0.05, 0.1) is 19.1 Å². The van der Waals surface area contributed by atoms with Crippen molar-refractivity contribution >= 4 is 35.1 Å². The zero-order valence-corrected chi connectivity index (χ0v) is 28.7. The van der Waals surface area contributed by atoms with E-state index < -0.39 is 59.6 Å². The van der Waals surface area contributed by atoms with Crippen molar-refractivity contribution in [3.05, 3.63) is 100 Å². The summed E-state index contributed by atoms with van der Waals surface area (Å²) in [4.78, 5) is 53.8. The number of carbonyl (C=O) groups is 4. The van der Waals surface area contributed by atoms with Gasteiger partial charge in [0.15, 0.2) is 0 Å². The number of ketones is 1. The van der Waals surface area contributed by atoms with Gasteiger partial charge < -0.3 is 26.4 Å². The molecule has 3 amide bonds. The van der Waals surface area contributed by atoms with E-state index in [-0.39, 0.29) is 17.9 Å². The Bertz CT molecular complexity index is 1580. The molecule has 0 aliphatic heterocycles. The first-order chi connectivity index (χ1) is 23.0. The second kappa shape index (κ2) is 17.3. The number of benzene rings is 3. The highest BCUT2D eigenvalue weighted by Gasteiger charge is 2.45. The Morgan fingerprint density at radius 1 is 0.735 bits per heavy atom. The lowest BCUT2D eigenvalue weighted by Gasteiger charge is -2.28. The van der Waals surface area contributed by atoms with E-state index in [1.54, 1.807) is 48.5 Å². The summed E-state index contributed by atoms with van der Waals surface area (Å²) in [6.07, 6.45) is -5.20. The minimum Gasteiger partial charge on any atom is -0.497 e. The molecule has 0 radical (unpaired) electrons. The first-order valence-electron chi connectivity index (χ1n) is 15.7. The predicted molar refractivity (Wildman–Crippen MR) is 181 cm³/mol. The number of amides is 3. The number of hydrogen-bond donors (Lipinski definition) is 4. The van der Waals surface area contributed by atoms with E-state index >= 15 is 0 Å². The molecule has 0 saturated heterocycles. The van der Waals surface area contributed by atoms with Crippen LogP contribution in [0.1, 0.15) is 61.9 Å². The predicted octanol–water partition coefficient (Wildman–Crippen LogP) is 5.40. The fraction of sp³-hybridized carbons (Fsp3) is 0.389. The van der Waals surface area contributed by atoms with E-state index in [0.717, 1.165) is 5.56 Å². The van der Waals surface area contributed by atoms with Gasteiger partial charge in [-0.2, -0.15) is 13.2 Å². The van der Waals surface area contributed by atoms with E-state index in [1.165, 1.54) is 45.2 Å². The average Bonchev–Trinajstić information content (AvgIpc) is 3.06. The molecule has 0 heterocycles. The number of ether oxygens (including phenoxy) is 1. The maximum Gasteiger partial charge on any atom is 0.452 e. The number of nitrogens with two attached hydrogens (primary N) is 1. The topological polar surface area (TPSA) is 140 Å². The van der Waals surface area contributed by atoms with E-state index in [0.29, 0.717) is 28.4 Å². The lowest BCUT2D eigenvalue weighted by Crippen LogP contribution is -2.55. The zero-order chi connectivity index (χ0) is 36.5. The van der Waals surface area contributed by atoms with Gasteiger partial charge in [-0.15, -0.1) is 0 Å². The lowest BCUT2D eigenvalue weighted by molar-refractivity contribution is -0.175. The Labute approximate surface area is 289 Å². The normalized spacial score (nSPS) is 14.0. The van der Waals surface area contributed by atoms with E-state index in [4.69, 9.17) is 22.1 Å². The molecule has 3 rings (SSSR count). The van der Waals surface area contributed by atoms with Crippen molar-refractivity contribution in [1.29, 1.82) is 0 Å². The van der Waals surface area contributed by atoms with Gasteiger partial charge in [0.1, 0.15) is 17.8 Å². The van der Waals surface area contributed by atoms with Crippen LogP contribution in [0.5, 0.6) is 5.75 Å². The Balaban J connectivity index is 2.01. The average molecular weight is 703 g/mol. The van der Waals surface area contributed by atoms with Crippen molar-refractivity contribution in [1.82, 2.24) is 16.0 Å². The van der Waals surface area contributed by atoms with Crippen LogP contribution >= 0.6 is 11.6 Å². The zero-order valence-electron chi connectivity index (χ0n) is 27.9. The molecular weight excluding hydrogens is 661 g/mol. The fourth-order valence-corrected chi connectivity index (χ4v) is 5.44. The van der Waals surface area contributed by atoms with Crippen molar-refractivity contribution in [3.63, 3.8) is 0 Å². The van der Waals surface area contributed by atoms with Gasteiger partial charge in [0.25, 0.3) is 5.78 Å². The van der Waals surface area contributed by atoms with Crippen LogP contribution in [0.25, 0.3) is 0 Å². The lowest BCUT2D eigenvalue weighted by atomic mass is 9.87. The number of alkyl halides is 3. The van der Waals surface area contributed by atoms with Crippen LogP contribution in [-0.2, 0) is 32.1 Å². The number of hydrogen-bond acceptors (Lipinski definition) is 6. The highest BCUT2D eigenvalue weighted by molar-refractivity contribution is 6.30. The van der Waals surface area contributed by atoms with Crippen LogP contribution in [0.3, 0.4) is 0 Å². The molecule has 0 saturated carbocycles. The molecule has 49 heavy (non-hydrogen) atoms. The Kier molecular flexibility index (Phi) is 13.8. The summed E-state index contributed by atoms with van der Waals surface area (Å²) >= 11 is 6.07. The minimum atomic E-state index is -5.20. The van der Waals surface area contributed by atoms with E-state index in [1.807, 2.05) is 13.8 Å². The first kappa shape index (κ1) is 39.0. The largest absolute Gasteiger partial charge is 0.497 e. The van der Waals surface area contributed by atoms with Gasteiger partial charge in [-0.3, -0.25) is 19.2 Å². The van der Waals surface area contributed by atoms with Crippen LogP contribution in [0.4, 0.5) is 13.2 Å². The molecular formula is C36H42ClF3N4O5.